The topological polar surface area (TPSA) is 94.3 Å². The van der Waals surface area contributed by atoms with Gasteiger partial charge in [0.2, 0.25) is 0 Å². The lowest BCUT2D eigenvalue weighted by atomic mass is 10.1. The molecule has 7 heteroatoms. The van der Waals surface area contributed by atoms with Crippen LogP contribution in [-0.4, -0.2) is 14.3 Å². The molecular weight excluding hydrogens is 324 g/mol. The highest BCUT2D eigenvalue weighted by molar-refractivity contribution is 7.88. The standard InChI is InChI=1S/C17H14N4O2S/c18-12-14-6-8-15(9-7-14)19-17-11-16(20-24(22,23)21-17)10-13-4-2-1-3-5-13/h1-9,11,20H,10H2,(H,19,21). The Morgan fingerprint density at radius 1 is 1.08 bits per heavy atom. The van der Waals surface area contributed by atoms with E-state index in [0.29, 0.717) is 23.4 Å². The molecule has 120 valence electrons. The number of nitrogens with zero attached hydrogens (tertiary/aromatic N) is 2. The zero-order chi connectivity index (χ0) is 17.0. The minimum atomic E-state index is -3.78. The summed E-state index contributed by atoms with van der Waals surface area (Å²) in [6.45, 7) is 0. The lowest BCUT2D eigenvalue weighted by Gasteiger charge is -2.16. The molecule has 0 saturated carbocycles. The van der Waals surface area contributed by atoms with Gasteiger partial charge in [-0.25, -0.2) is 0 Å². The summed E-state index contributed by atoms with van der Waals surface area (Å²) >= 11 is 0. The Kier molecular flexibility index (Phi) is 4.31. The van der Waals surface area contributed by atoms with Crippen LogP contribution in [0.2, 0.25) is 0 Å². The number of nitrogens with one attached hydrogen (secondary N) is 2. The number of rotatable bonds is 3. The number of nitriles is 1. The second-order valence-electron chi connectivity index (χ2n) is 5.20. The molecule has 24 heavy (non-hydrogen) atoms. The molecule has 0 atom stereocenters. The van der Waals surface area contributed by atoms with E-state index in [1.165, 1.54) is 0 Å². The van der Waals surface area contributed by atoms with Crippen molar-refractivity contribution in [3.05, 3.63) is 77.5 Å². The van der Waals surface area contributed by atoms with Gasteiger partial charge >= 0.3 is 10.2 Å². The third-order valence-corrected chi connectivity index (χ3v) is 4.27. The van der Waals surface area contributed by atoms with E-state index in [2.05, 4.69) is 14.4 Å². The summed E-state index contributed by atoms with van der Waals surface area (Å²) < 4.78 is 30.0. The van der Waals surface area contributed by atoms with Crippen LogP contribution in [0.1, 0.15) is 11.1 Å². The molecule has 2 aromatic rings. The molecule has 0 spiro atoms. The second kappa shape index (κ2) is 6.56. The van der Waals surface area contributed by atoms with Crippen molar-refractivity contribution in [2.75, 3.05) is 5.32 Å². The van der Waals surface area contributed by atoms with Crippen LogP contribution >= 0.6 is 0 Å². The molecule has 0 amide bonds. The van der Waals surface area contributed by atoms with Gasteiger partial charge in [-0.05, 0) is 29.8 Å². The molecule has 0 saturated heterocycles. The van der Waals surface area contributed by atoms with E-state index in [1.807, 2.05) is 36.4 Å². The molecular formula is C17H14N4O2S. The number of hydrogen-bond acceptors (Lipinski definition) is 4. The molecule has 0 aliphatic carbocycles. The normalized spacial score (nSPS) is 15.5. The Morgan fingerprint density at radius 3 is 2.46 bits per heavy atom. The molecule has 2 N–H and O–H groups in total. The minimum absolute atomic E-state index is 0.226. The van der Waals surface area contributed by atoms with E-state index in [4.69, 9.17) is 5.26 Å². The van der Waals surface area contributed by atoms with Crippen LogP contribution in [0.25, 0.3) is 0 Å². The van der Waals surface area contributed by atoms with E-state index in [-0.39, 0.29) is 5.84 Å². The van der Waals surface area contributed by atoms with E-state index >= 15 is 0 Å². The summed E-state index contributed by atoms with van der Waals surface area (Å²) in [6, 6.07) is 18.3. The quantitative estimate of drug-likeness (QED) is 0.898. The molecule has 2 aromatic carbocycles. The van der Waals surface area contributed by atoms with Gasteiger partial charge in [0.1, 0.15) is 5.84 Å². The molecule has 1 heterocycles. The van der Waals surface area contributed by atoms with Crippen molar-refractivity contribution in [3.8, 4) is 6.07 Å². The van der Waals surface area contributed by atoms with Crippen molar-refractivity contribution in [1.29, 1.82) is 5.26 Å². The fourth-order valence-electron chi connectivity index (χ4n) is 2.28. The van der Waals surface area contributed by atoms with E-state index in [0.717, 1.165) is 5.56 Å². The second-order valence-corrected chi connectivity index (χ2v) is 6.54. The fourth-order valence-corrected chi connectivity index (χ4v) is 3.14. The Hall–Kier alpha value is -3.11. The van der Waals surface area contributed by atoms with Gasteiger partial charge in [-0.15, -0.1) is 4.40 Å². The summed E-state index contributed by atoms with van der Waals surface area (Å²) in [5.41, 5.74) is 2.71. The first-order valence-corrected chi connectivity index (χ1v) is 8.62. The maximum atomic E-state index is 11.9. The Morgan fingerprint density at radius 2 is 1.79 bits per heavy atom. The van der Waals surface area contributed by atoms with Crippen LogP contribution in [0.4, 0.5) is 5.69 Å². The van der Waals surface area contributed by atoms with Crippen LogP contribution in [0.3, 0.4) is 0 Å². The number of benzene rings is 2. The summed E-state index contributed by atoms with van der Waals surface area (Å²) in [5, 5.41) is 11.8. The van der Waals surface area contributed by atoms with E-state index in [9.17, 15) is 8.42 Å². The third kappa shape index (κ3) is 4.00. The minimum Gasteiger partial charge on any atom is -0.339 e. The molecule has 0 unspecified atom stereocenters. The first-order chi connectivity index (χ1) is 11.5. The van der Waals surface area contributed by atoms with Crippen molar-refractivity contribution in [3.63, 3.8) is 0 Å². The molecule has 0 aromatic heterocycles. The number of anilines is 1. The van der Waals surface area contributed by atoms with Crippen molar-refractivity contribution in [2.24, 2.45) is 4.40 Å². The van der Waals surface area contributed by atoms with Gasteiger partial charge in [-0.3, -0.25) is 4.72 Å². The van der Waals surface area contributed by atoms with Crippen LogP contribution < -0.4 is 10.0 Å². The summed E-state index contributed by atoms with van der Waals surface area (Å²) in [7, 11) is -3.78. The first-order valence-electron chi connectivity index (χ1n) is 7.18. The van der Waals surface area contributed by atoms with Crippen LogP contribution in [0, 0.1) is 11.3 Å². The smallest absolute Gasteiger partial charge is 0.339 e. The Bertz CT molecular complexity index is 940. The van der Waals surface area contributed by atoms with Crippen molar-refractivity contribution < 1.29 is 8.42 Å². The molecule has 0 bridgehead atoms. The number of amidine groups is 1. The van der Waals surface area contributed by atoms with Gasteiger partial charge in [0.25, 0.3) is 0 Å². The third-order valence-electron chi connectivity index (χ3n) is 3.31. The first kappa shape index (κ1) is 15.8. The monoisotopic (exact) mass is 338 g/mol. The number of hydrogen-bond donors (Lipinski definition) is 2. The molecule has 1 aliphatic heterocycles. The lowest BCUT2D eigenvalue weighted by Crippen LogP contribution is -2.30. The molecule has 3 rings (SSSR count). The predicted molar refractivity (Wildman–Crippen MR) is 92.5 cm³/mol. The van der Waals surface area contributed by atoms with Crippen LogP contribution in [0.15, 0.2) is 70.8 Å². The summed E-state index contributed by atoms with van der Waals surface area (Å²) in [5.74, 6) is 0.226. The van der Waals surface area contributed by atoms with Gasteiger partial charge in [0, 0.05) is 23.9 Å². The highest BCUT2D eigenvalue weighted by Gasteiger charge is 2.18. The van der Waals surface area contributed by atoms with Crippen molar-refractivity contribution >= 4 is 21.7 Å². The SMILES string of the molecule is N#Cc1ccc(NC2=NS(=O)(=O)NC(Cc3ccccc3)=C2)cc1. The molecule has 0 radical (unpaired) electrons. The molecule has 6 nitrogen and oxygen atoms in total. The van der Waals surface area contributed by atoms with Crippen molar-refractivity contribution in [2.45, 2.75) is 6.42 Å². The predicted octanol–water partition coefficient (Wildman–Crippen LogP) is 2.34. The largest absolute Gasteiger partial charge is 0.343 e. The van der Waals surface area contributed by atoms with Crippen molar-refractivity contribution in [1.82, 2.24) is 4.72 Å². The zero-order valence-electron chi connectivity index (χ0n) is 12.6. The van der Waals surface area contributed by atoms with Crippen LogP contribution in [0.5, 0.6) is 0 Å². The lowest BCUT2D eigenvalue weighted by molar-refractivity contribution is 0.589. The van der Waals surface area contributed by atoms with E-state index in [1.54, 1.807) is 30.3 Å². The number of allylic oxidation sites excluding steroid dienone is 1. The van der Waals surface area contributed by atoms with E-state index < -0.39 is 10.2 Å². The summed E-state index contributed by atoms with van der Waals surface area (Å²) in [4.78, 5) is 0. The van der Waals surface area contributed by atoms with Gasteiger partial charge in [-0.1, -0.05) is 30.3 Å². The van der Waals surface area contributed by atoms with Gasteiger partial charge in [0.15, 0.2) is 0 Å². The molecule has 0 fully saturated rings. The Labute approximate surface area is 140 Å². The average molecular weight is 338 g/mol. The zero-order valence-corrected chi connectivity index (χ0v) is 13.4. The molecule has 1 aliphatic rings. The average Bonchev–Trinajstić information content (AvgIpc) is 2.55. The highest BCUT2D eigenvalue weighted by Crippen LogP contribution is 2.14. The van der Waals surface area contributed by atoms with Gasteiger partial charge in [0.05, 0.1) is 11.6 Å². The maximum absolute atomic E-state index is 11.9. The maximum Gasteiger partial charge on any atom is 0.343 e. The summed E-state index contributed by atoms with van der Waals surface area (Å²) in [6.07, 6.45) is 2.11. The highest BCUT2D eigenvalue weighted by atomic mass is 32.2. The van der Waals surface area contributed by atoms with Gasteiger partial charge < -0.3 is 5.32 Å². The fraction of sp³-hybridized carbons (Fsp3) is 0.0588. The Balaban J connectivity index is 1.82. The van der Waals surface area contributed by atoms with Gasteiger partial charge in [-0.2, -0.15) is 13.7 Å². The van der Waals surface area contributed by atoms with Crippen LogP contribution in [-0.2, 0) is 16.6 Å².